The second kappa shape index (κ2) is 5.86. The summed E-state index contributed by atoms with van der Waals surface area (Å²) in [7, 11) is -1.48. The van der Waals surface area contributed by atoms with Crippen LogP contribution < -0.4 is 10.2 Å². The maximum atomic E-state index is 13.5. The number of hydrogen-bond acceptors (Lipinski definition) is 3. The smallest absolute Gasteiger partial charge is 0.486 e. The molecule has 0 aliphatic rings. The van der Waals surface area contributed by atoms with Crippen LogP contribution in [0.5, 0.6) is 5.75 Å². The molecule has 0 aliphatic carbocycles. The second-order valence-electron chi connectivity index (χ2n) is 4.34. The van der Waals surface area contributed by atoms with Crippen molar-refractivity contribution in [1.82, 2.24) is 0 Å². The van der Waals surface area contributed by atoms with E-state index in [0.29, 0.717) is 5.46 Å². The third-order valence-corrected chi connectivity index (χ3v) is 2.76. The molecule has 0 saturated carbocycles. The Morgan fingerprint density at radius 2 is 1.79 bits per heavy atom. The Balaban J connectivity index is 2.04. The van der Waals surface area contributed by atoms with Gasteiger partial charge in [-0.05, 0) is 35.6 Å². The SMILES string of the molecule is Cc1ccc(F)c(OCc2ccc(B(O)O)cc2)c1. The van der Waals surface area contributed by atoms with Crippen LogP contribution in [0, 0.1) is 12.7 Å². The lowest BCUT2D eigenvalue weighted by Crippen LogP contribution is -2.29. The van der Waals surface area contributed by atoms with Crippen LogP contribution in [0.4, 0.5) is 4.39 Å². The first-order chi connectivity index (χ1) is 9.06. The molecule has 0 unspecified atom stereocenters. The van der Waals surface area contributed by atoms with Crippen molar-refractivity contribution >= 4 is 12.6 Å². The molecule has 19 heavy (non-hydrogen) atoms. The Morgan fingerprint density at radius 1 is 1.11 bits per heavy atom. The highest BCUT2D eigenvalue weighted by Gasteiger charge is 2.10. The van der Waals surface area contributed by atoms with Crippen LogP contribution in [0.3, 0.4) is 0 Å². The fraction of sp³-hybridized carbons (Fsp3) is 0.143. The van der Waals surface area contributed by atoms with E-state index < -0.39 is 12.9 Å². The van der Waals surface area contributed by atoms with Crippen LogP contribution in [0.2, 0.25) is 0 Å². The Labute approximate surface area is 111 Å². The number of hydrogen-bond donors (Lipinski definition) is 2. The van der Waals surface area contributed by atoms with E-state index >= 15 is 0 Å². The highest BCUT2D eigenvalue weighted by molar-refractivity contribution is 6.58. The molecule has 0 spiro atoms. The minimum atomic E-state index is -1.48. The monoisotopic (exact) mass is 260 g/mol. The Morgan fingerprint density at radius 3 is 2.42 bits per heavy atom. The Hall–Kier alpha value is -1.85. The van der Waals surface area contributed by atoms with Gasteiger partial charge in [0, 0.05) is 0 Å². The molecule has 2 rings (SSSR count). The molecule has 0 fully saturated rings. The molecule has 3 nitrogen and oxygen atoms in total. The summed E-state index contributed by atoms with van der Waals surface area (Å²) in [4.78, 5) is 0. The van der Waals surface area contributed by atoms with E-state index in [1.807, 2.05) is 6.92 Å². The molecule has 0 aliphatic heterocycles. The third-order valence-electron chi connectivity index (χ3n) is 2.76. The summed E-state index contributed by atoms with van der Waals surface area (Å²) in [6, 6.07) is 11.3. The number of aryl methyl sites for hydroxylation is 1. The largest absolute Gasteiger partial charge is 0.488 e. The number of rotatable bonds is 4. The molecule has 2 N–H and O–H groups in total. The van der Waals surface area contributed by atoms with Gasteiger partial charge in [-0.3, -0.25) is 0 Å². The van der Waals surface area contributed by atoms with Gasteiger partial charge < -0.3 is 14.8 Å². The zero-order valence-corrected chi connectivity index (χ0v) is 10.5. The summed E-state index contributed by atoms with van der Waals surface area (Å²) < 4.78 is 18.9. The zero-order valence-electron chi connectivity index (χ0n) is 10.5. The van der Waals surface area contributed by atoms with Crippen LogP contribution in [-0.2, 0) is 6.61 Å². The third kappa shape index (κ3) is 3.56. The van der Waals surface area contributed by atoms with E-state index in [9.17, 15) is 4.39 Å². The zero-order chi connectivity index (χ0) is 13.8. The van der Waals surface area contributed by atoms with Gasteiger partial charge in [0.15, 0.2) is 11.6 Å². The lowest BCUT2D eigenvalue weighted by molar-refractivity contribution is 0.290. The second-order valence-corrected chi connectivity index (χ2v) is 4.34. The fourth-order valence-corrected chi connectivity index (χ4v) is 1.67. The molecule has 0 bridgehead atoms. The minimum Gasteiger partial charge on any atom is -0.486 e. The van der Waals surface area contributed by atoms with Crippen molar-refractivity contribution in [2.45, 2.75) is 13.5 Å². The van der Waals surface area contributed by atoms with E-state index in [1.54, 1.807) is 36.4 Å². The average Bonchev–Trinajstić information content (AvgIpc) is 2.40. The lowest BCUT2D eigenvalue weighted by Gasteiger charge is -2.08. The quantitative estimate of drug-likeness (QED) is 0.817. The van der Waals surface area contributed by atoms with E-state index in [4.69, 9.17) is 14.8 Å². The molecular weight excluding hydrogens is 246 g/mol. The van der Waals surface area contributed by atoms with Crippen molar-refractivity contribution in [3.8, 4) is 5.75 Å². The van der Waals surface area contributed by atoms with Crippen molar-refractivity contribution in [2.75, 3.05) is 0 Å². The van der Waals surface area contributed by atoms with Crippen LogP contribution >= 0.6 is 0 Å². The first kappa shape index (κ1) is 13.6. The van der Waals surface area contributed by atoms with Gasteiger partial charge in [0.25, 0.3) is 0 Å². The molecule has 0 amide bonds. The van der Waals surface area contributed by atoms with E-state index in [-0.39, 0.29) is 12.4 Å². The van der Waals surface area contributed by atoms with Crippen molar-refractivity contribution < 1.29 is 19.2 Å². The maximum absolute atomic E-state index is 13.5. The summed E-state index contributed by atoms with van der Waals surface area (Å²) in [5.74, 6) is -0.181. The molecular formula is C14H14BFO3. The summed E-state index contributed by atoms with van der Waals surface area (Å²) >= 11 is 0. The van der Waals surface area contributed by atoms with Gasteiger partial charge in [-0.15, -0.1) is 0 Å². The van der Waals surface area contributed by atoms with Gasteiger partial charge in [0.1, 0.15) is 6.61 Å². The first-order valence-corrected chi connectivity index (χ1v) is 5.90. The van der Waals surface area contributed by atoms with Crippen LogP contribution in [0.1, 0.15) is 11.1 Å². The molecule has 5 heteroatoms. The molecule has 0 heterocycles. The van der Waals surface area contributed by atoms with Crippen LogP contribution in [-0.4, -0.2) is 17.2 Å². The molecule has 98 valence electrons. The Kier molecular flexibility index (Phi) is 4.19. The van der Waals surface area contributed by atoms with E-state index in [1.165, 1.54) is 6.07 Å². The first-order valence-electron chi connectivity index (χ1n) is 5.90. The van der Waals surface area contributed by atoms with Gasteiger partial charge in [0.2, 0.25) is 0 Å². The predicted octanol–water partition coefficient (Wildman–Crippen LogP) is 1.39. The fourth-order valence-electron chi connectivity index (χ4n) is 1.67. The highest BCUT2D eigenvalue weighted by atomic mass is 19.1. The highest BCUT2D eigenvalue weighted by Crippen LogP contribution is 2.19. The lowest BCUT2D eigenvalue weighted by atomic mass is 9.80. The van der Waals surface area contributed by atoms with Crippen molar-refractivity contribution in [2.24, 2.45) is 0 Å². The van der Waals surface area contributed by atoms with Gasteiger partial charge in [-0.1, -0.05) is 30.3 Å². The van der Waals surface area contributed by atoms with Crippen LogP contribution in [0.25, 0.3) is 0 Å². The topological polar surface area (TPSA) is 49.7 Å². The number of ether oxygens (including phenoxy) is 1. The van der Waals surface area contributed by atoms with Crippen LogP contribution in [0.15, 0.2) is 42.5 Å². The Bertz CT molecular complexity index is 555. The van der Waals surface area contributed by atoms with Gasteiger partial charge >= 0.3 is 7.12 Å². The maximum Gasteiger partial charge on any atom is 0.488 e. The summed E-state index contributed by atoms with van der Waals surface area (Å²) in [6.07, 6.45) is 0. The van der Waals surface area contributed by atoms with Crippen molar-refractivity contribution in [3.63, 3.8) is 0 Å². The number of halogens is 1. The average molecular weight is 260 g/mol. The molecule has 2 aromatic rings. The summed E-state index contributed by atoms with van der Waals surface area (Å²) in [5.41, 5.74) is 2.16. The van der Waals surface area contributed by atoms with E-state index in [0.717, 1.165) is 11.1 Å². The summed E-state index contributed by atoms with van der Waals surface area (Å²) in [6.45, 7) is 2.09. The normalized spacial score (nSPS) is 10.3. The van der Waals surface area contributed by atoms with Gasteiger partial charge in [-0.25, -0.2) is 4.39 Å². The van der Waals surface area contributed by atoms with E-state index in [2.05, 4.69) is 0 Å². The molecule has 0 aromatic heterocycles. The summed E-state index contributed by atoms with van der Waals surface area (Å²) in [5, 5.41) is 17.9. The molecule has 0 radical (unpaired) electrons. The van der Waals surface area contributed by atoms with Gasteiger partial charge in [-0.2, -0.15) is 0 Å². The molecule has 0 atom stereocenters. The van der Waals surface area contributed by atoms with Crippen molar-refractivity contribution in [3.05, 3.63) is 59.4 Å². The standard InChI is InChI=1S/C14H14BFO3/c1-10-2-7-13(16)14(8-10)19-9-11-3-5-12(6-4-11)15(17)18/h2-8,17-18H,9H2,1H3. The van der Waals surface area contributed by atoms with Crippen molar-refractivity contribution in [1.29, 1.82) is 0 Å². The predicted molar refractivity (Wildman–Crippen MR) is 71.7 cm³/mol. The molecule has 0 saturated heterocycles. The minimum absolute atomic E-state index is 0.214. The number of benzene rings is 2. The molecule has 2 aromatic carbocycles. The van der Waals surface area contributed by atoms with Gasteiger partial charge in [0.05, 0.1) is 0 Å².